The molecule has 0 saturated heterocycles. The van der Waals surface area contributed by atoms with E-state index in [1.54, 1.807) is 0 Å². The average Bonchev–Trinajstić information content (AvgIpc) is 2.91. The average molecular weight is 847 g/mol. The summed E-state index contributed by atoms with van der Waals surface area (Å²) in [5.74, 6) is 0.793. The van der Waals surface area contributed by atoms with E-state index in [0.717, 1.165) is 19.2 Å². The minimum absolute atomic E-state index is 0.793. The number of halogens is 3. The van der Waals surface area contributed by atoms with Gasteiger partial charge in [0.2, 0.25) is 0 Å². The molecule has 0 aliphatic carbocycles. The van der Waals surface area contributed by atoms with Gasteiger partial charge in [0.05, 0.1) is 0 Å². The van der Waals surface area contributed by atoms with Crippen LogP contribution < -0.4 is 15.9 Å². The molecule has 0 saturated carbocycles. The summed E-state index contributed by atoms with van der Waals surface area (Å²) in [7, 11) is 0. The van der Waals surface area contributed by atoms with Crippen LogP contribution in [0.1, 0.15) is 0 Å². The predicted octanol–water partition coefficient (Wildman–Crippen LogP) is 6.88. The molecule has 0 unspecified atom stereocenters. The van der Waals surface area contributed by atoms with Crippen LogP contribution in [0.5, 0.6) is 5.75 Å². The molecule has 0 atom stereocenters. The van der Waals surface area contributed by atoms with E-state index in [-0.39, 0.29) is 0 Å². The van der Waals surface area contributed by atoms with Crippen LogP contribution in [0.4, 0.5) is 0 Å². The second-order valence-corrected chi connectivity index (χ2v) is 27.6. The molecule has 0 bridgehead atoms. The van der Waals surface area contributed by atoms with Gasteiger partial charge in [-0.1, -0.05) is 0 Å². The predicted molar refractivity (Wildman–Crippen MR) is 160 cm³/mol. The first-order valence-electron chi connectivity index (χ1n) is 11.1. The van der Waals surface area contributed by atoms with Gasteiger partial charge in [0.25, 0.3) is 0 Å². The minimum atomic E-state index is -5.20. The van der Waals surface area contributed by atoms with Crippen molar-refractivity contribution in [1.82, 2.24) is 0 Å². The normalized spacial score (nSPS) is 12.5. The molecule has 0 aliphatic heterocycles. The molecule has 5 rings (SSSR count). The van der Waals surface area contributed by atoms with E-state index in [0.29, 0.717) is 0 Å². The molecule has 0 fully saturated rings. The maximum absolute atomic E-state index is 7.75. The van der Waals surface area contributed by atoms with Gasteiger partial charge in [-0.2, -0.15) is 0 Å². The topological polar surface area (TPSA) is 9.23 Å². The Morgan fingerprint density at radius 2 is 0.714 bits per heavy atom. The summed E-state index contributed by atoms with van der Waals surface area (Å²) in [6, 6.07) is 47.2. The van der Waals surface area contributed by atoms with E-state index >= 15 is 0 Å². The molecule has 5 aromatic rings. The Morgan fingerprint density at radius 1 is 0.429 bits per heavy atom. The number of hydrogen-bond acceptors (Lipinski definition) is 1. The van der Waals surface area contributed by atoms with E-state index in [4.69, 9.17) is 2.81 Å². The molecule has 0 heterocycles. The van der Waals surface area contributed by atoms with Crippen molar-refractivity contribution in [3.63, 3.8) is 0 Å². The first-order valence-corrected chi connectivity index (χ1v) is 21.9. The molecule has 0 amide bonds. The molecule has 35 heavy (non-hydrogen) atoms. The van der Waals surface area contributed by atoms with Crippen LogP contribution in [0.2, 0.25) is 0 Å². The Hall–Kier alpha value is -1.78. The third-order valence-electron chi connectivity index (χ3n) is 6.23. The monoisotopic (exact) mass is 844 g/mol. The Labute approximate surface area is 233 Å². The summed E-state index contributed by atoms with van der Waals surface area (Å²) in [5, 5.41) is 0. The van der Waals surface area contributed by atoms with Crippen molar-refractivity contribution >= 4 is 80.1 Å². The van der Waals surface area contributed by atoms with Gasteiger partial charge < -0.3 is 0 Å². The fraction of sp³-hybridized carbons (Fsp3) is 0. The van der Waals surface area contributed by atoms with Crippen molar-refractivity contribution in [2.75, 3.05) is 0 Å². The first-order chi connectivity index (χ1) is 17.1. The van der Waals surface area contributed by atoms with Crippen molar-refractivity contribution in [2.45, 2.75) is 0 Å². The van der Waals surface area contributed by atoms with Gasteiger partial charge in [-0.25, -0.2) is 0 Å². The summed E-state index contributed by atoms with van der Waals surface area (Å²) in [5.41, 5.74) is 0. The molecule has 0 radical (unpaired) electrons. The zero-order valence-electron chi connectivity index (χ0n) is 18.7. The van der Waals surface area contributed by atoms with Gasteiger partial charge in [-0.3, -0.25) is 0 Å². The standard InChI is InChI=1S/C6H3Br3O.4C6H5.Bi/c7-3-1-4(8)6(10)5(9)2-3;4*1-2-4-6-5-3-1;/h1-2,10H;4*1-5H;/q;;;;;+1/p-1. The van der Waals surface area contributed by atoms with Crippen LogP contribution in [0.25, 0.3) is 0 Å². The van der Waals surface area contributed by atoms with Gasteiger partial charge in [-0.15, -0.1) is 0 Å². The zero-order valence-corrected chi connectivity index (χ0v) is 26.9. The fourth-order valence-corrected chi connectivity index (χ4v) is 30.5. The summed E-state index contributed by atoms with van der Waals surface area (Å²) in [6.07, 6.45) is 0. The maximum atomic E-state index is 7.75. The van der Waals surface area contributed by atoms with E-state index in [1.165, 1.54) is 13.1 Å². The zero-order chi connectivity index (χ0) is 24.3. The Kier molecular flexibility index (Phi) is 7.33. The van der Waals surface area contributed by atoms with Crippen LogP contribution in [-0.2, 0) is 0 Å². The molecule has 0 spiro atoms. The van der Waals surface area contributed by atoms with Gasteiger partial charge in [0.15, 0.2) is 0 Å². The Balaban J connectivity index is 2.05. The van der Waals surface area contributed by atoms with Crippen molar-refractivity contribution in [3.05, 3.63) is 147 Å². The van der Waals surface area contributed by atoms with Gasteiger partial charge in [0, 0.05) is 0 Å². The summed E-state index contributed by atoms with van der Waals surface area (Å²) in [4.78, 5) is 0. The molecule has 0 N–H and O–H groups in total. The number of benzene rings is 5. The van der Waals surface area contributed by atoms with E-state index in [1.807, 2.05) is 12.1 Å². The number of rotatable bonds is 6. The van der Waals surface area contributed by atoms with Gasteiger partial charge in [-0.05, 0) is 0 Å². The molecular formula is C30H22BiBr3O. The third kappa shape index (κ3) is 4.15. The Bertz CT molecular complexity index is 1250. The van der Waals surface area contributed by atoms with Gasteiger partial charge >= 0.3 is 236 Å². The van der Waals surface area contributed by atoms with Crippen LogP contribution in [0.3, 0.4) is 0 Å². The molecule has 174 valence electrons. The van der Waals surface area contributed by atoms with Crippen molar-refractivity contribution in [2.24, 2.45) is 0 Å². The van der Waals surface area contributed by atoms with Crippen molar-refractivity contribution < 1.29 is 2.81 Å². The third-order valence-corrected chi connectivity index (χ3v) is 30.0. The molecule has 5 heteroatoms. The molecular weight excluding hydrogens is 825 g/mol. The summed E-state index contributed by atoms with van der Waals surface area (Å²) < 4.78 is 15.3. The first kappa shape index (κ1) is 24.9. The summed E-state index contributed by atoms with van der Waals surface area (Å²) in [6.45, 7) is 0. The molecule has 5 aromatic carbocycles. The van der Waals surface area contributed by atoms with Crippen LogP contribution in [-0.4, -0.2) is 19.2 Å². The van der Waals surface area contributed by atoms with Crippen LogP contribution in [0.15, 0.2) is 147 Å². The molecule has 1 nitrogen and oxygen atoms in total. The summed E-state index contributed by atoms with van der Waals surface area (Å²) >= 11 is 6.05. The molecule has 0 aliphatic rings. The van der Waals surface area contributed by atoms with Crippen molar-refractivity contribution in [1.29, 1.82) is 0 Å². The van der Waals surface area contributed by atoms with Gasteiger partial charge in [0.1, 0.15) is 0 Å². The Morgan fingerprint density at radius 3 is 1.00 bits per heavy atom. The molecule has 0 aromatic heterocycles. The van der Waals surface area contributed by atoms with Crippen LogP contribution >= 0.6 is 47.8 Å². The van der Waals surface area contributed by atoms with E-state index in [9.17, 15) is 0 Å². The fourth-order valence-electron chi connectivity index (χ4n) is 4.75. The van der Waals surface area contributed by atoms with Crippen molar-refractivity contribution in [3.8, 4) is 5.75 Å². The number of hydrogen-bond donors (Lipinski definition) is 0. The second kappa shape index (κ2) is 10.3. The SMILES string of the molecule is Brc1cc(Br)c([O][Bi]([c]2ccccc2)([c]2ccccc2)([c]2ccccc2)[c]2ccccc2)c(Br)c1. The van der Waals surface area contributed by atoms with E-state index in [2.05, 4.69) is 169 Å². The van der Waals surface area contributed by atoms with Crippen LogP contribution in [0, 0.1) is 0 Å². The second-order valence-electron chi connectivity index (χ2n) is 8.17. The quantitative estimate of drug-likeness (QED) is 0.170. The van der Waals surface area contributed by atoms with E-state index < -0.39 is 19.2 Å².